The van der Waals surface area contributed by atoms with Crippen LogP contribution in [0.2, 0.25) is 0 Å². The van der Waals surface area contributed by atoms with Gasteiger partial charge in [0.1, 0.15) is 0 Å². The molecular weight excluding hydrogens is 330 g/mol. The third kappa shape index (κ3) is 2.70. The van der Waals surface area contributed by atoms with Crippen LogP contribution >= 0.6 is 0 Å². The minimum Gasteiger partial charge on any atom is -0.490 e. The lowest BCUT2D eigenvalue weighted by molar-refractivity contribution is -0.140. The number of ether oxygens (including phenoxy) is 2. The van der Waals surface area contributed by atoms with E-state index >= 15 is 0 Å². The zero-order valence-electron chi connectivity index (χ0n) is 15.3. The Balaban J connectivity index is 1.45. The first-order valence-corrected chi connectivity index (χ1v) is 9.56. The van der Waals surface area contributed by atoms with Gasteiger partial charge in [0.25, 0.3) is 0 Å². The topological polar surface area (TPSA) is 55.8 Å². The Morgan fingerprint density at radius 3 is 2.19 bits per heavy atom. The number of fused-ring (bicyclic) bond motifs is 5. The zero-order chi connectivity index (χ0) is 18.3. The largest absolute Gasteiger partial charge is 0.490 e. The van der Waals surface area contributed by atoms with E-state index in [0.717, 1.165) is 17.7 Å². The van der Waals surface area contributed by atoms with Crippen LogP contribution in [-0.2, 0) is 16.0 Å². The zero-order valence-corrected chi connectivity index (χ0v) is 15.3. The molecule has 2 fully saturated rings. The number of amides is 2. The lowest BCUT2D eigenvalue weighted by Gasteiger charge is -2.18. The summed E-state index contributed by atoms with van der Waals surface area (Å²) in [5.41, 5.74) is 1.04. The van der Waals surface area contributed by atoms with Crippen molar-refractivity contribution in [3.63, 3.8) is 0 Å². The van der Waals surface area contributed by atoms with Gasteiger partial charge in [-0.25, -0.2) is 0 Å². The van der Waals surface area contributed by atoms with E-state index in [0.29, 0.717) is 31.9 Å². The number of allylic oxidation sites excluding steroid dienone is 2. The van der Waals surface area contributed by atoms with Gasteiger partial charge in [-0.3, -0.25) is 14.5 Å². The fraction of sp³-hybridized carbons (Fsp3) is 0.524. The van der Waals surface area contributed by atoms with E-state index in [2.05, 4.69) is 12.2 Å². The molecule has 4 rings (SSSR count). The second-order valence-corrected chi connectivity index (χ2v) is 7.23. The lowest BCUT2D eigenvalue weighted by Crippen LogP contribution is -2.34. The average molecular weight is 355 g/mol. The lowest BCUT2D eigenvalue weighted by atomic mass is 9.85. The van der Waals surface area contributed by atoms with Crippen LogP contribution < -0.4 is 9.47 Å². The molecule has 4 atom stereocenters. The number of imide groups is 1. The Morgan fingerprint density at radius 1 is 0.962 bits per heavy atom. The normalized spacial score (nSPS) is 28.8. The minimum atomic E-state index is -0.114. The molecule has 1 saturated heterocycles. The van der Waals surface area contributed by atoms with Crippen molar-refractivity contribution < 1.29 is 19.1 Å². The van der Waals surface area contributed by atoms with Crippen LogP contribution in [0.25, 0.3) is 0 Å². The predicted octanol–water partition coefficient (Wildman–Crippen LogP) is 2.83. The fourth-order valence-corrected chi connectivity index (χ4v) is 4.68. The number of carbonyl (C=O) groups is 2. The highest BCUT2D eigenvalue weighted by atomic mass is 16.5. The summed E-state index contributed by atoms with van der Waals surface area (Å²) in [6.45, 7) is 5.45. The van der Waals surface area contributed by atoms with E-state index < -0.39 is 0 Å². The van der Waals surface area contributed by atoms with Gasteiger partial charge in [0.05, 0.1) is 25.0 Å². The fourth-order valence-electron chi connectivity index (χ4n) is 4.68. The molecule has 138 valence electrons. The van der Waals surface area contributed by atoms with E-state index in [9.17, 15) is 9.59 Å². The van der Waals surface area contributed by atoms with Crippen LogP contribution in [0.5, 0.6) is 11.5 Å². The number of rotatable bonds is 7. The van der Waals surface area contributed by atoms with Gasteiger partial charge in [-0.15, -0.1) is 0 Å². The molecule has 0 unspecified atom stereocenters. The number of likely N-dealkylation sites (tertiary alicyclic amines) is 1. The van der Waals surface area contributed by atoms with Crippen LogP contribution in [0.4, 0.5) is 0 Å². The molecule has 0 N–H and O–H groups in total. The molecule has 1 heterocycles. The van der Waals surface area contributed by atoms with Crippen LogP contribution in [-0.4, -0.2) is 36.5 Å². The molecule has 3 aliphatic rings. The molecule has 1 aromatic carbocycles. The number of benzene rings is 1. The Kier molecular flexibility index (Phi) is 4.47. The molecule has 2 amide bonds. The van der Waals surface area contributed by atoms with E-state index in [4.69, 9.17) is 9.47 Å². The number of nitrogens with zero attached hydrogens (tertiary/aromatic N) is 1. The van der Waals surface area contributed by atoms with Crippen molar-refractivity contribution in [2.45, 2.75) is 26.7 Å². The van der Waals surface area contributed by atoms with Crippen LogP contribution in [0, 0.1) is 23.7 Å². The number of carbonyl (C=O) groups excluding carboxylic acids is 2. The quantitative estimate of drug-likeness (QED) is 0.557. The first-order chi connectivity index (χ1) is 12.6. The first-order valence-electron chi connectivity index (χ1n) is 9.56. The molecule has 5 heteroatoms. The Hall–Kier alpha value is -2.30. The molecule has 2 aliphatic carbocycles. The van der Waals surface area contributed by atoms with Gasteiger partial charge in [0.2, 0.25) is 11.8 Å². The monoisotopic (exact) mass is 355 g/mol. The van der Waals surface area contributed by atoms with Gasteiger partial charge in [-0.1, -0.05) is 18.2 Å². The maximum atomic E-state index is 12.7. The summed E-state index contributed by atoms with van der Waals surface area (Å²) < 4.78 is 11.2. The van der Waals surface area contributed by atoms with Gasteiger partial charge in [-0.2, -0.15) is 0 Å². The summed E-state index contributed by atoms with van der Waals surface area (Å²) in [5, 5.41) is 0. The van der Waals surface area contributed by atoms with E-state index in [1.807, 2.05) is 32.0 Å². The van der Waals surface area contributed by atoms with Crippen molar-refractivity contribution in [3.05, 3.63) is 35.9 Å². The van der Waals surface area contributed by atoms with Crippen molar-refractivity contribution in [2.24, 2.45) is 23.7 Å². The second-order valence-electron chi connectivity index (χ2n) is 7.23. The SMILES string of the molecule is CCOc1ccc(CCN2C(=O)[C@@H]3[C@@H](C2=O)[C@H]2C=C[C@@H]3C2)cc1OCC. The maximum Gasteiger partial charge on any atom is 0.233 e. The molecule has 1 saturated carbocycles. The predicted molar refractivity (Wildman–Crippen MR) is 96.9 cm³/mol. The van der Waals surface area contributed by atoms with Crippen molar-refractivity contribution in [3.8, 4) is 11.5 Å². The summed E-state index contributed by atoms with van der Waals surface area (Å²) in [4.78, 5) is 27.0. The standard InChI is InChI=1S/C21H25NO4/c1-3-25-16-8-5-13(11-17(16)26-4-2)9-10-22-20(23)18-14-6-7-15(12-14)19(18)21(22)24/h5-8,11,14-15,18-19H,3-4,9-10,12H2,1-2H3/t14-,15+,18-,19-/m0/s1. The van der Waals surface area contributed by atoms with Crippen LogP contribution in [0.3, 0.4) is 0 Å². The summed E-state index contributed by atoms with van der Waals surface area (Å²) in [5.74, 6) is 1.78. The minimum absolute atomic E-state index is 0.0211. The third-order valence-corrected chi connectivity index (χ3v) is 5.79. The maximum absolute atomic E-state index is 12.7. The summed E-state index contributed by atoms with van der Waals surface area (Å²) in [6.07, 6.45) is 5.85. The van der Waals surface area contributed by atoms with Gasteiger partial charge >= 0.3 is 0 Å². The molecule has 26 heavy (non-hydrogen) atoms. The molecule has 0 spiro atoms. The Labute approximate surface area is 154 Å². The van der Waals surface area contributed by atoms with Crippen molar-refractivity contribution >= 4 is 11.8 Å². The van der Waals surface area contributed by atoms with Crippen LogP contribution in [0.1, 0.15) is 25.8 Å². The summed E-state index contributed by atoms with van der Waals surface area (Å²) >= 11 is 0. The molecule has 1 aromatic rings. The number of hydrogen-bond acceptors (Lipinski definition) is 4. The Bertz CT molecular complexity index is 726. The third-order valence-electron chi connectivity index (χ3n) is 5.79. The highest BCUT2D eigenvalue weighted by Crippen LogP contribution is 2.52. The Morgan fingerprint density at radius 2 is 1.58 bits per heavy atom. The second kappa shape index (κ2) is 6.78. The molecular formula is C21H25NO4. The van der Waals surface area contributed by atoms with E-state index in [1.54, 1.807) is 0 Å². The highest BCUT2D eigenvalue weighted by Gasteiger charge is 2.58. The van der Waals surface area contributed by atoms with E-state index in [-0.39, 0.29) is 35.5 Å². The van der Waals surface area contributed by atoms with Gasteiger partial charge in [-0.05, 0) is 56.2 Å². The van der Waals surface area contributed by atoms with Gasteiger partial charge < -0.3 is 9.47 Å². The number of hydrogen-bond donors (Lipinski definition) is 0. The van der Waals surface area contributed by atoms with Gasteiger partial charge in [0, 0.05) is 6.54 Å². The summed E-state index contributed by atoms with van der Waals surface area (Å²) in [6, 6.07) is 5.83. The van der Waals surface area contributed by atoms with Crippen molar-refractivity contribution in [2.75, 3.05) is 19.8 Å². The molecule has 0 aromatic heterocycles. The van der Waals surface area contributed by atoms with Crippen LogP contribution in [0.15, 0.2) is 30.4 Å². The van der Waals surface area contributed by atoms with E-state index in [1.165, 1.54) is 4.90 Å². The molecule has 1 aliphatic heterocycles. The van der Waals surface area contributed by atoms with Gasteiger partial charge in [0.15, 0.2) is 11.5 Å². The smallest absolute Gasteiger partial charge is 0.233 e. The average Bonchev–Trinajstić information content (AvgIpc) is 3.30. The molecule has 5 nitrogen and oxygen atoms in total. The van der Waals surface area contributed by atoms with Crippen molar-refractivity contribution in [1.82, 2.24) is 4.90 Å². The molecule has 2 bridgehead atoms. The first kappa shape index (κ1) is 17.1. The van der Waals surface area contributed by atoms with Crippen molar-refractivity contribution in [1.29, 1.82) is 0 Å². The summed E-state index contributed by atoms with van der Waals surface area (Å²) in [7, 11) is 0. The highest BCUT2D eigenvalue weighted by molar-refractivity contribution is 6.06. The molecule has 0 radical (unpaired) electrons.